The largest absolute Gasteiger partial charge is 0.330 e. The molecule has 2 rings (SSSR count). The quantitative estimate of drug-likeness (QED) is 0.828. The van der Waals surface area contributed by atoms with Crippen molar-refractivity contribution in [2.75, 3.05) is 6.54 Å². The molecule has 1 aliphatic rings. The zero-order valence-electron chi connectivity index (χ0n) is 12.0. The number of nitrogens with two attached hydrogens (primary N) is 1. The molecule has 1 aliphatic carbocycles. The zero-order chi connectivity index (χ0) is 13.0. The molecule has 1 nitrogen and oxygen atoms in total. The molecule has 0 radical (unpaired) electrons. The Bertz CT molecular complexity index is 389. The molecule has 1 fully saturated rings. The van der Waals surface area contributed by atoms with Gasteiger partial charge in [0.05, 0.1) is 0 Å². The number of aryl methyl sites for hydroxylation is 3. The summed E-state index contributed by atoms with van der Waals surface area (Å²) < 4.78 is 0. The van der Waals surface area contributed by atoms with Crippen LogP contribution in [0.2, 0.25) is 0 Å². The minimum absolute atomic E-state index is 0.560. The second-order valence-corrected chi connectivity index (χ2v) is 6.18. The van der Waals surface area contributed by atoms with Crippen LogP contribution in [0, 0.1) is 19.3 Å². The van der Waals surface area contributed by atoms with Gasteiger partial charge in [-0.25, -0.2) is 0 Å². The highest BCUT2D eigenvalue weighted by Crippen LogP contribution is 2.44. The highest BCUT2D eigenvalue weighted by atomic mass is 14.5. The molecule has 1 heteroatoms. The van der Waals surface area contributed by atoms with Crippen LogP contribution in [0.25, 0.3) is 0 Å². The maximum absolute atomic E-state index is 5.82. The van der Waals surface area contributed by atoms with Crippen LogP contribution in [0.5, 0.6) is 0 Å². The van der Waals surface area contributed by atoms with E-state index in [2.05, 4.69) is 32.0 Å². The first-order valence-corrected chi connectivity index (χ1v) is 7.41. The van der Waals surface area contributed by atoms with Gasteiger partial charge in [0.15, 0.2) is 0 Å². The Morgan fingerprint density at radius 3 is 2.50 bits per heavy atom. The average molecular weight is 245 g/mol. The summed E-state index contributed by atoms with van der Waals surface area (Å²) in [7, 11) is 0. The molecule has 1 aromatic rings. The predicted molar refractivity (Wildman–Crippen MR) is 78.8 cm³/mol. The van der Waals surface area contributed by atoms with E-state index in [-0.39, 0.29) is 0 Å². The predicted octanol–water partition coefficient (Wildman–Crippen LogP) is 4.15. The molecule has 0 saturated heterocycles. The molecule has 0 heterocycles. The molecule has 2 N–H and O–H groups in total. The van der Waals surface area contributed by atoms with Gasteiger partial charge in [0, 0.05) is 0 Å². The first kappa shape index (κ1) is 13.6. The van der Waals surface area contributed by atoms with E-state index >= 15 is 0 Å². The Morgan fingerprint density at radius 1 is 1.11 bits per heavy atom. The van der Waals surface area contributed by atoms with E-state index in [9.17, 15) is 0 Å². The summed E-state index contributed by atoms with van der Waals surface area (Å²) in [5.41, 5.74) is 10.7. The normalized spacial score (nSPS) is 18.2. The van der Waals surface area contributed by atoms with Crippen molar-refractivity contribution in [2.24, 2.45) is 11.1 Å². The first-order valence-electron chi connectivity index (χ1n) is 7.41. The second-order valence-electron chi connectivity index (χ2n) is 6.18. The lowest BCUT2D eigenvalue weighted by Crippen LogP contribution is -2.22. The summed E-state index contributed by atoms with van der Waals surface area (Å²) in [4.78, 5) is 0. The molecule has 0 spiro atoms. The van der Waals surface area contributed by atoms with E-state index in [1.54, 1.807) is 5.56 Å². The van der Waals surface area contributed by atoms with Gasteiger partial charge < -0.3 is 5.73 Å². The fourth-order valence-corrected chi connectivity index (χ4v) is 3.53. The van der Waals surface area contributed by atoms with Gasteiger partial charge in [0.25, 0.3) is 0 Å². The molecule has 0 bridgehead atoms. The molecular weight excluding hydrogens is 218 g/mol. The van der Waals surface area contributed by atoms with E-state index < -0.39 is 0 Å². The minimum Gasteiger partial charge on any atom is -0.330 e. The summed E-state index contributed by atoms with van der Waals surface area (Å²) in [5.74, 6) is 0. The van der Waals surface area contributed by atoms with Crippen LogP contribution in [0.1, 0.15) is 55.2 Å². The van der Waals surface area contributed by atoms with Gasteiger partial charge in [0.2, 0.25) is 0 Å². The summed E-state index contributed by atoms with van der Waals surface area (Å²) in [6.07, 6.45) is 9.39. The van der Waals surface area contributed by atoms with Gasteiger partial charge in [0.1, 0.15) is 0 Å². The molecular formula is C17H27N. The van der Waals surface area contributed by atoms with E-state index in [4.69, 9.17) is 5.73 Å². The van der Waals surface area contributed by atoms with Gasteiger partial charge in [-0.2, -0.15) is 0 Å². The van der Waals surface area contributed by atoms with Crippen molar-refractivity contribution in [3.05, 3.63) is 34.9 Å². The van der Waals surface area contributed by atoms with Crippen LogP contribution < -0.4 is 5.73 Å². The standard InChI is InChI=1S/C17H27N/c1-14-5-6-15(2)16(13-14)7-10-17(11-12-18)8-3-4-9-17/h5-6,13H,3-4,7-12,18H2,1-2H3. The lowest BCUT2D eigenvalue weighted by atomic mass is 9.77. The van der Waals surface area contributed by atoms with Crippen molar-refractivity contribution in [1.82, 2.24) is 0 Å². The fraction of sp³-hybridized carbons (Fsp3) is 0.647. The first-order chi connectivity index (χ1) is 8.65. The van der Waals surface area contributed by atoms with Crippen molar-refractivity contribution in [2.45, 2.75) is 58.8 Å². The molecule has 1 saturated carbocycles. The molecule has 1 aromatic carbocycles. The smallest absolute Gasteiger partial charge is 0.00720 e. The molecule has 0 amide bonds. The summed E-state index contributed by atoms with van der Waals surface area (Å²) >= 11 is 0. The topological polar surface area (TPSA) is 26.0 Å². The lowest BCUT2D eigenvalue weighted by Gasteiger charge is -2.29. The second kappa shape index (κ2) is 5.88. The van der Waals surface area contributed by atoms with Crippen molar-refractivity contribution in [1.29, 1.82) is 0 Å². The summed E-state index contributed by atoms with van der Waals surface area (Å²) in [6, 6.07) is 6.83. The third kappa shape index (κ3) is 3.14. The molecule has 0 unspecified atom stereocenters. The lowest BCUT2D eigenvalue weighted by molar-refractivity contribution is 0.253. The van der Waals surface area contributed by atoms with Crippen LogP contribution >= 0.6 is 0 Å². The Kier molecular flexibility index (Phi) is 4.45. The molecule has 0 aromatic heterocycles. The average Bonchev–Trinajstić information content (AvgIpc) is 2.80. The fourth-order valence-electron chi connectivity index (χ4n) is 3.53. The third-order valence-corrected chi connectivity index (χ3v) is 4.77. The SMILES string of the molecule is Cc1ccc(C)c(CCC2(CCN)CCCC2)c1. The molecule has 0 aliphatic heterocycles. The van der Waals surface area contributed by atoms with Crippen LogP contribution in [-0.2, 0) is 6.42 Å². The van der Waals surface area contributed by atoms with Gasteiger partial charge in [-0.15, -0.1) is 0 Å². The zero-order valence-corrected chi connectivity index (χ0v) is 12.0. The Hall–Kier alpha value is -0.820. The van der Waals surface area contributed by atoms with Crippen LogP contribution in [0.4, 0.5) is 0 Å². The van der Waals surface area contributed by atoms with Crippen LogP contribution in [-0.4, -0.2) is 6.54 Å². The van der Waals surface area contributed by atoms with Crippen molar-refractivity contribution < 1.29 is 0 Å². The minimum atomic E-state index is 0.560. The van der Waals surface area contributed by atoms with Gasteiger partial charge >= 0.3 is 0 Å². The van der Waals surface area contributed by atoms with E-state index in [1.807, 2.05) is 0 Å². The van der Waals surface area contributed by atoms with E-state index in [0.29, 0.717) is 5.41 Å². The maximum atomic E-state index is 5.82. The summed E-state index contributed by atoms with van der Waals surface area (Å²) in [5, 5.41) is 0. The van der Waals surface area contributed by atoms with E-state index in [0.717, 1.165) is 6.54 Å². The van der Waals surface area contributed by atoms with E-state index in [1.165, 1.54) is 56.1 Å². The number of hydrogen-bond acceptors (Lipinski definition) is 1. The molecule has 0 atom stereocenters. The van der Waals surface area contributed by atoms with Crippen molar-refractivity contribution in [3.63, 3.8) is 0 Å². The van der Waals surface area contributed by atoms with Crippen molar-refractivity contribution in [3.8, 4) is 0 Å². The molecule has 100 valence electrons. The van der Waals surface area contributed by atoms with Gasteiger partial charge in [-0.05, 0) is 69.0 Å². The maximum Gasteiger partial charge on any atom is -0.00720 e. The number of hydrogen-bond donors (Lipinski definition) is 1. The Labute approximate surface area is 112 Å². The number of benzene rings is 1. The van der Waals surface area contributed by atoms with Gasteiger partial charge in [-0.3, -0.25) is 0 Å². The highest BCUT2D eigenvalue weighted by Gasteiger charge is 2.32. The van der Waals surface area contributed by atoms with Gasteiger partial charge in [-0.1, -0.05) is 36.6 Å². The highest BCUT2D eigenvalue weighted by molar-refractivity contribution is 5.30. The number of rotatable bonds is 5. The Morgan fingerprint density at radius 2 is 1.83 bits per heavy atom. The third-order valence-electron chi connectivity index (χ3n) is 4.77. The Balaban J connectivity index is 2.03. The molecule has 18 heavy (non-hydrogen) atoms. The summed E-state index contributed by atoms with van der Waals surface area (Å²) in [6.45, 7) is 5.28. The van der Waals surface area contributed by atoms with Crippen LogP contribution in [0.15, 0.2) is 18.2 Å². The monoisotopic (exact) mass is 245 g/mol. The van der Waals surface area contributed by atoms with Crippen molar-refractivity contribution >= 4 is 0 Å². The van der Waals surface area contributed by atoms with Crippen LogP contribution in [0.3, 0.4) is 0 Å².